The molecular formula is C27H20F4N3O3S+. The van der Waals surface area contributed by atoms with Gasteiger partial charge in [0, 0.05) is 17.3 Å². The summed E-state index contributed by atoms with van der Waals surface area (Å²) in [5.41, 5.74) is 0.998. The lowest BCUT2D eigenvalue weighted by atomic mass is 9.99. The van der Waals surface area contributed by atoms with E-state index in [-0.39, 0.29) is 34.7 Å². The zero-order chi connectivity index (χ0) is 27.2. The van der Waals surface area contributed by atoms with E-state index >= 15 is 0 Å². The smallest absolute Gasteiger partial charge is 0.477 e. The molecule has 38 heavy (non-hydrogen) atoms. The molecule has 0 spiro atoms. The minimum Gasteiger partial charge on any atom is -0.477 e. The first kappa shape index (κ1) is 25.4. The number of aromatic nitrogens is 3. The first-order valence-corrected chi connectivity index (χ1v) is 12.2. The van der Waals surface area contributed by atoms with Gasteiger partial charge in [-0.1, -0.05) is 18.2 Å². The maximum Gasteiger partial charge on any atom is 0.573 e. The Morgan fingerprint density at radius 1 is 1.08 bits per heavy atom. The van der Waals surface area contributed by atoms with Crippen LogP contribution in [0.15, 0.2) is 71.8 Å². The fourth-order valence-corrected chi connectivity index (χ4v) is 5.15. The summed E-state index contributed by atoms with van der Waals surface area (Å²) in [5, 5.41) is 12.3. The summed E-state index contributed by atoms with van der Waals surface area (Å²) in [4.78, 5) is 18.7. The summed E-state index contributed by atoms with van der Waals surface area (Å²) >= 11 is 1.45. The lowest BCUT2D eigenvalue weighted by Gasteiger charge is -2.13. The fraction of sp³-hybridized carbons (Fsp3) is 0.148. The van der Waals surface area contributed by atoms with Crippen molar-refractivity contribution in [3.8, 4) is 33.9 Å². The van der Waals surface area contributed by atoms with Gasteiger partial charge in [0.1, 0.15) is 18.1 Å². The Hall–Kier alpha value is -4.25. The Morgan fingerprint density at radius 2 is 1.84 bits per heavy atom. The molecule has 2 aromatic carbocycles. The topological polar surface area (TPSA) is 67.7 Å². The molecule has 6 nitrogen and oxygen atoms in total. The van der Waals surface area contributed by atoms with Gasteiger partial charge in [0.2, 0.25) is 0 Å². The Bertz CT molecular complexity index is 1740. The molecule has 3 aromatic heterocycles. The van der Waals surface area contributed by atoms with Gasteiger partial charge in [-0.05, 0) is 61.4 Å². The van der Waals surface area contributed by atoms with Crippen LogP contribution in [0.1, 0.15) is 15.4 Å². The zero-order valence-electron chi connectivity index (χ0n) is 20.1. The maximum atomic E-state index is 14.7. The first-order chi connectivity index (χ1) is 18.0. The number of aryl methyl sites for hydroxylation is 2. The Morgan fingerprint density at radius 3 is 2.55 bits per heavy atom. The standard InChI is InChI=1S/C27H19F4N3O3S/c1-15-5-4-10-33-24(15)34(14-20-13-32-16(2)38-20)26(36)23(25(33)35)18-7-3-6-17(11-18)21-12-19(8-9-22(21)28)37-27(29,30)31/h3-13H,14H2,1-2H3/p+1. The molecule has 0 aliphatic heterocycles. The Balaban J connectivity index is 1.70. The molecule has 0 amide bonds. The summed E-state index contributed by atoms with van der Waals surface area (Å²) in [6, 6.07) is 12.3. The SMILES string of the molecule is Cc1ncc(C[n+]2c(O)c(-c3cccc(-c4cc(OC(F)(F)F)ccc4F)c3)c(=O)n3cccc(C)c32)s1. The van der Waals surface area contributed by atoms with Crippen molar-refractivity contribution in [2.45, 2.75) is 26.8 Å². The van der Waals surface area contributed by atoms with Crippen LogP contribution >= 0.6 is 11.3 Å². The third-order valence-electron chi connectivity index (χ3n) is 5.95. The number of nitrogens with zero attached hydrogens (tertiary/aromatic N) is 3. The number of rotatable bonds is 5. The number of fused-ring (bicyclic) bond motifs is 1. The minimum absolute atomic E-state index is 0.0423. The Kier molecular flexibility index (Phi) is 6.39. The number of hydrogen-bond donors (Lipinski definition) is 1. The van der Waals surface area contributed by atoms with E-state index in [1.54, 1.807) is 29.1 Å². The van der Waals surface area contributed by atoms with Crippen LogP contribution in [0.25, 0.3) is 27.9 Å². The molecule has 5 aromatic rings. The van der Waals surface area contributed by atoms with Crippen LogP contribution in [0.5, 0.6) is 11.6 Å². The van der Waals surface area contributed by atoms with Crippen LogP contribution in [0.3, 0.4) is 0 Å². The van der Waals surface area contributed by atoms with Gasteiger partial charge in [-0.3, -0.25) is 0 Å². The lowest BCUT2D eigenvalue weighted by Crippen LogP contribution is -2.41. The molecular weight excluding hydrogens is 522 g/mol. The molecule has 0 bridgehead atoms. The molecule has 0 aliphatic carbocycles. The summed E-state index contributed by atoms with van der Waals surface area (Å²) < 4.78 is 59.8. The highest BCUT2D eigenvalue weighted by atomic mass is 32.1. The number of thiazole rings is 1. The molecule has 194 valence electrons. The molecule has 11 heteroatoms. The van der Waals surface area contributed by atoms with Crippen molar-refractivity contribution in [3.05, 3.63) is 98.6 Å². The molecule has 0 saturated heterocycles. The molecule has 0 saturated carbocycles. The summed E-state index contributed by atoms with van der Waals surface area (Å²) in [6.07, 6.45) is -1.65. The highest BCUT2D eigenvalue weighted by Crippen LogP contribution is 2.33. The third kappa shape index (κ3) is 4.84. The number of alkyl halides is 3. The second kappa shape index (κ2) is 9.56. The predicted molar refractivity (Wildman–Crippen MR) is 134 cm³/mol. The molecule has 0 unspecified atom stereocenters. The van der Waals surface area contributed by atoms with Gasteiger partial charge >= 0.3 is 11.9 Å². The van der Waals surface area contributed by atoms with E-state index in [0.717, 1.165) is 33.6 Å². The van der Waals surface area contributed by atoms with Crippen LogP contribution in [0, 0.1) is 19.7 Å². The number of ether oxygens (including phenoxy) is 1. The predicted octanol–water partition coefficient (Wildman–Crippen LogP) is 5.79. The average Bonchev–Trinajstić information content (AvgIpc) is 3.27. The van der Waals surface area contributed by atoms with Crippen LogP contribution in [0.2, 0.25) is 0 Å². The van der Waals surface area contributed by atoms with Crippen LogP contribution in [-0.4, -0.2) is 20.9 Å². The Labute approximate surface area is 217 Å². The quantitative estimate of drug-likeness (QED) is 0.226. The van der Waals surface area contributed by atoms with Gasteiger partial charge in [0.15, 0.2) is 5.56 Å². The number of hydrogen-bond acceptors (Lipinski definition) is 5. The number of pyridine rings is 1. The lowest BCUT2D eigenvalue weighted by molar-refractivity contribution is -0.671. The molecule has 5 rings (SSSR count). The first-order valence-electron chi connectivity index (χ1n) is 11.4. The molecule has 0 radical (unpaired) electrons. The second-order valence-corrected chi connectivity index (χ2v) is 9.91. The minimum atomic E-state index is -4.94. The highest BCUT2D eigenvalue weighted by molar-refractivity contribution is 7.11. The van der Waals surface area contributed by atoms with E-state index in [4.69, 9.17) is 0 Å². The van der Waals surface area contributed by atoms with Crippen molar-refractivity contribution in [1.82, 2.24) is 9.38 Å². The van der Waals surface area contributed by atoms with E-state index in [9.17, 15) is 27.5 Å². The number of aromatic hydroxyl groups is 1. The number of halogens is 4. The third-order valence-corrected chi connectivity index (χ3v) is 6.84. The highest BCUT2D eigenvalue weighted by Gasteiger charge is 2.31. The van der Waals surface area contributed by atoms with Crippen LogP contribution in [0.4, 0.5) is 17.6 Å². The van der Waals surface area contributed by atoms with Gasteiger partial charge in [-0.25, -0.2) is 14.2 Å². The van der Waals surface area contributed by atoms with Gasteiger partial charge in [0.25, 0.3) is 11.5 Å². The summed E-state index contributed by atoms with van der Waals surface area (Å²) in [7, 11) is 0. The van der Waals surface area contributed by atoms with Crippen molar-refractivity contribution in [2.24, 2.45) is 0 Å². The van der Waals surface area contributed by atoms with Crippen molar-refractivity contribution in [1.29, 1.82) is 0 Å². The molecule has 1 N–H and O–H groups in total. The van der Waals surface area contributed by atoms with Crippen molar-refractivity contribution in [2.75, 3.05) is 0 Å². The molecule has 0 aliphatic rings. The van der Waals surface area contributed by atoms with E-state index in [0.29, 0.717) is 5.65 Å². The van der Waals surface area contributed by atoms with Gasteiger partial charge in [0.05, 0.1) is 16.1 Å². The zero-order valence-corrected chi connectivity index (χ0v) is 20.9. The van der Waals surface area contributed by atoms with Crippen molar-refractivity contribution >= 4 is 17.0 Å². The largest absolute Gasteiger partial charge is 0.573 e. The fourth-order valence-electron chi connectivity index (χ4n) is 4.37. The van der Waals surface area contributed by atoms with E-state index < -0.39 is 23.5 Å². The summed E-state index contributed by atoms with van der Waals surface area (Å²) in [5.74, 6) is -1.66. The normalized spacial score (nSPS) is 11.7. The molecule has 3 heterocycles. The van der Waals surface area contributed by atoms with Crippen molar-refractivity contribution in [3.63, 3.8) is 0 Å². The molecule has 0 atom stereocenters. The molecule has 0 fully saturated rings. The second-order valence-electron chi connectivity index (χ2n) is 8.59. The van der Waals surface area contributed by atoms with Gasteiger partial charge < -0.3 is 9.84 Å². The van der Waals surface area contributed by atoms with Crippen LogP contribution in [-0.2, 0) is 6.54 Å². The van der Waals surface area contributed by atoms with Gasteiger partial charge in [-0.2, -0.15) is 8.97 Å². The van der Waals surface area contributed by atoms with Gasteiger partial charge in [-0.15, -0.1) is 24.5 Å². The monoisotopic (exact) mass is 542 g/mol. The van der Waals surface area contributed by atoms with E-state index in [1.807, 2.05) is 19.9 Å². The van der Waals surface area contributed by atoms with Crippen LogP contribution < -0.4 is 14.9 Å². The number of benzene rings is 2. The van der Waals surface area contributed by atoms with E-state index in [1.165, 1.54) is 33.9 Å². The van der Waals surface area contributed by atoms with E-state index in [2.05, 4.69) is 9.72 Å². The maximum absolute atomic E-state index is 14.7. The summed E-state index contributed by atoms with van der Waals surface area (Å²) in [6.45, 7) is 3.92. The van der Waals surface area contributed by atoms with Crippen molar-refractivity contribution < 1.29 is 32.0 Å². The average molecular weight is 543 g/mol.